The van der Waals surface area contributed by atoms with E-state index in [4.69, 9.17) is 51.1 Å². The molecule has 0 radical (unpaired) electrons. The molecule has 0 saturated carbocycles. The minimum absolute atomic E-state index is 0.0261. The highest BCUT2D eigenvalue weighted by Crippen LogP contribution is 2.51. The van der Waals surface area contributed by atoms with Gasteiger partial charge in [0.1, 0.15) is 24.6 Å². The van der Waals surface area contributed by atoms with Crippen LogP contribution in [0.15, 0.2) is 12.1 Å². The molecule has 0 saturated heterocycles. The summed E-state index contributed by atoms with van der Waals surface area (Å²) in [6, 6.07) is 4.37. The Morgan fingerprint density at radius 1 is 0.786 bits per heavy atom. The molecule has 3 aromatic rings. The quantitative estimate of drug-likeness (QED) is 0.165. The molecule has 0 amide bonds. The largest absolute Gasteiger partial charge is 0.545 e. The summed E-state index contributed by atoms with van der Waals surface area (Å²) in [4.78, 5) is 15.3. The van der Waals surface area contributed by atoms with E-state index in [9.17, 15) is 9.90 Å². The van der Waals surface area contributed by atoms with Crippen molar-refractivity contribution in [1.29, 1.82) is 0 Å². The molecule has 5 aliphatic rings. The number of rotatable bonds is 2. The van der Waals surface area contributed by atoms with Crippen LogP contribution in [0.25, 0.3) is 5.57 Å². The number of aromatic carboxylic acids is 1. The number of aryl methyl sites for hydroxylation is 2. The molecule has 0 atom stereocenters. The number of anilines is 1. The Morgan fingerprint density at radius 2 is 1.50 bits per heavy atom. The number of nitrogens with zero attached hydrogens (tertiary/aromatic N) is 2. The summed E-state index contributed by atoms with van der Waals surface area (Å²) in [6.45, 7) is 4.12. The van der Waals surface area contributed by atoms with Crippen molar-refractivity contribution in [2.45, 2.75) is 57.8 Å². The van der Waals surface area contributed by atoms with E-state index in [-0.39, 0.29) is 31.2 Å². The van der Waals surface area contributed by atoms with Crippen LogP contribution < -0.4 is 29.9 Å². The molecule has 9 heteroatoms. The number of fused-ring (bicyclic) bond motifs is 4. The maximum Gasteiger partial charge on any atom is 0.210 e. The van der Waals surface area contributed by atoms with Crippen LogP contribution in [0.3, 0.4) is 0 Å². The summed E-state index contributed by atoms with van der Waals surface area (Å²) in [6.07, 6.45) is 9.01. The van der Waals surface area contributed by atoms with Crippen LogP contribution in [0.5, 0.6) is 11.5 Å². The first-order valence-corrected chi connectivity index (χ1v) is 16.4. The van der Waals surface area contributed by atoms with E-state index in [0.29, 0.717) is 5.57 Å². The van der Waals surface area contributed by atoms with Crippen LogP contribution in [0.4, 0.5) is 5.69 Å². The summed E-state index contributed by atoms with van der Waals surface area (Å²) in [5.74, 6) is 0.118. The summed E-state index contributed by atoms with van der Waals surface area (Å²) in [5, 5.41) is 14.7. The Hall–Kier alpha value is -2.44. The zero-order chi connectivity index (χ0) is 28.9. The van der Waals surface area contributed by atoms with E-state index in [1.165, 1.54) is 33.3 Å². The second-order valence-electron chi connectivity index (χ2n) is 12.0. The van der Waals surface area contributed by atoms with Gasteiger partial charge in [-0.2, -0.15) is 0 Å². The number of carboxylic acids is 1. The normalized spacial score (nSPS) is 18.4. The minimum atomic E-state index is -1.45. The van der Waals surface area contributed by atoms with Gasteiger partial charge in [0, 0.05) is 70.2 Å². The summed E-state index contributed by atoms with van der Waals surface area (Å²) < 4.78 is 9.54. The van der Waals surface area contributed by atoms with Gasteiger partial charge in [0.15, 0.2) is 0 Å². The molecule has 5 aliphatic heterocycles. The smallest absolute Gasteiger partial charge is 0.210 e. The van der Waals surface area contributed by atoms with E-state index in [1.54, 1.807) is 0 Å². The zero-order valence-electron chi connectivity index (χ0n) is 23.0. The third kappa shape index (κ3) is 3.83. The number of ether oxygens (including phenoxy) is 1. The van der Waals surface area contributed by atoms with Gasteiger partial charge in [-0.25, -0.2) is 4.58 Å². The second-order valence-corrected chi connectivity index (χ2v) is 13.5. The fourth-order valence-corrected chi connectivity index (χ4v) is 9.02. The SMILES string of the molecule is O=C([O-])c1c(Cl)c(Cl)c(Cl)c(Cl)c1C1=c2cc3c4c(c2Oc2c1cc1c5c2CCCN5CCCC1)CCC[N+]=4CCC3. The highest BCUT2D eigenvalue weighted by molar-refractivity contribution is 6.53. The second kappa shape index (κ2) is 10.1. The number of carboxylic acid groups (broad SMARTS) is 1. The first-order valence-electron chi connectivity index (χ1n) is 14.9. The fourth-order valence-electron chi connectivity index (χ4n) is 8.00. The lowest BCUT2D eigenvalue weighted by Crippen LogP contribution is -2.45. The van der Waals surface area contributed by atoms with Gasteiger partial charge < -0.3 is 19.5 Å². The zero-order valence-corrected chi connectivity index (χ0v) is 26.0. The Kier molecular flexibility index (Phi) is 6.49. The Balaban J connectivity index is 1.58. The van der Waals surface area contributed by atoms with Crippen molar-refractivity contribution in [2.75, 3.05) is 31.1 Å². The monoisotopic (exact) mass is 640 g/mol. The molecule has 0 fully saturated rings. The van der Waals surface area contributed by atoms with Crippen molar-refractivity contribution >= 4 is 63.6 Å². The molecule has 0 aromatic heterocycles. The standard InChI is InChI=1S/C33H28Cl4N2O3/c34-25-23(24(33(40)41)26(35)28(37)27(25)36)22-20-14-16-6-1-2-10-38-12-4-8-18(29(16)38)31(20)42-32-19-9-5-13-39-11-3-7-17(30(19)39)15-21(22)32/h14-15H,1-13H2. The van der Waals surface area contributed by atoms with E-state index >= 15 is 0 Å². The van der Waals surface area contributed by atoms with Crippen molar-refractivity contribution in [1.82, 2.24) is 4.58 Å². The predicted molar refractivity (Wildman–Crippen MR) is 166 cm³/mol. The fraction of sp³-hybridized carbons (Fsp3) is 0.394. The van der Waals surface area contributed by atoms with Crippen LogP contribution in [0.1, 0.15) is 75.8 Å². The third-order valence-corrected chi connectivity index (χ3v) is 11.5. The van der Waals surface area contributed by atoms with Crippen LogP contribution >= 0.6 is 46.4 Å². The van der Waals surface area contributed by atoms with Gasteiger partial charge >= 0.3 is 0 Å². The van der Waals surface area contributed by atoms with Gasteiger partial charge in [-0.1, -0.05) is 46.4 Å². The maximum absolute atomic E-state index is 12.8. The van der Waals surface area contributed by atoms with Gasteiger partial charge in [-0.05, 0) is 62.6 Å². The third-order valence-electron chi connectivity index (χ3n) is 9.66. The Morgan fingerprint density at radius 3 is 2.31 bits per heavy atom. The Bertz CT molecular complexity index is 1880. The molecule has 8 rings (SSSR count). The first kappa shape index (κ1) is 27.1. The molecule has 5 nitrogen and oxygen atoms in total. The van der Waals surface area contributed by atoms with E-state index < -0.39 is 5.97 Å². The predicted octanol–water partition coefficient (Wildman–Crippen LogP) is 5.49. The van der Waals surface area contributed by atoms with Crippen LogP contribution in [-0.4, -0.2) is 32.1 Å². The number of benzene rings is 3. The molecule has 42 heavy (non-hydrogen) atoms. The molecule has 216 valence electrons. The molecule has 0 bridgehead atoms. The number of hydrogen-bond donors (Lipinski definition) is 0. The molecule has 0 aliphatic carbocycles. The summed E-state index contributed by atoms with van der Waals surface area (Å²) in [5.41, 5.74) is 7.66. The molecule has 0 N–H and O–H groups in total. The van der Waals surface area contributed by atoms with Crippen molar-refractivity contribution in [3.63, 3.8) is 0 Å². The molecule has 5 heterocycles. The number of halogens is 4. The lowest BCUT2D eigenvalue weighted by atomic mass is 9.82. The number of carbonyl (C=O) groups is 1. The molecule has 0 spiro atoms. The van der Waals surface area contributed by atoms with Gasteiger partial charge in [0.25, 0.3) is 0 Å². The lowest BCUT2D eigenvalue weighted by molar-refractivity contribution is -0.255. The topological polar surface area (TPSA) is 55.6 Å². The van der Waals surface area contributed by atoms with Gasteiger partial charge in [0.05, 0.1) is 31.6 Å². The van der Waals surface area contributed by atoms with Gasteiger partial charge in [0.2, 0.25) is 5.36 Å². The lowest BCUT2D eigenvalue weighted by Gasteiger charge is -2.36. The molecular weight excluding hydrogens is 614 g/mol. The van der Waals surface area contributed by atoms with E-state index in [0.717, 1.165) is 106 Å². The van der Waals surface area contributed by atoms with Crippen molar-refractivity contribution in [2.24, 2.45) is 0 Å². The van der Waals surface area contributed by atoms with Crippen molar-refractivity contribution in [3.8, 4) is 11.5 Å². The van der Waals surface area contributed by atoms with E-state index in [1.807, 2.05) is 0 Å². The highest BCUT2D eigenvalue weighted by Gasteiger charge is 2.37. The Labute approximate surface area is 263 Å². The maximum atomic E-state index is 12.8. The van der Waals surface area contributed by atoms with Crippen LogP contribution in [0.2, 0.25) is 20.1 Å². The van der Waals surface area contributed by atoms with Gasteiger partial charge in [-0.15, -0.1) is 0 Å². The highest BCUT2D eigenvalue weighted by atomic mass is 35.5. The summed E-state index contributed by atoms with van der Waals surface area (Å²) in [7, 11) is 0. The van der Waals surface area contributed by atoms with Crippen LogP contribution in [-0.2, 0) is 25.7 Å². The molecular formula is C33H28Cl4N2O3. The summed E-state index contributed by atoms with van der Waals surface area (Å²) >= 11 is 26.6. The van der Waals surface area contributed by atoms with Crippen LogP contribution in [0, 0.1) is 0 Å². The van der Waals surface area contributed by atoms with Crippen molar-refractivity contribution in [3.05, 3.63) is 81.7 Å². The average molecular weight is 642 g/mol. The minimum Gasteiger partial charge on any atom is -0.545 e. The van der Waals surface area contributed by atoms with E-state index in [2.05, 4.69) is 21.6 Å². The number of hydrogen-bond acceptors (Lipinski definition) is 4. The average Bonchev–Trinajstić information content (AvgIpc) is 3.20. The first-order chi connectivity index (χ1) is 20.3. The molecule has 0 unspecified atom stereocenters. The van der Waals surface area contributed by atoms with Gasteiger partial charge in [-0.3, -0.25) is 0 Å². The number of carbonyl (C=O) groups excluding carboxylic acids is 1. The van der Waals surface area contributed by atoms with Crippen molar-refractivity contribution < 1.29 is 14.6 Å². The molecule has 3 aromatic carbocycles.